The molecule has 2 fully saturated rings. The third-order valence-corrected chi connectivity index (χ3v) is 5.11. The molecule has 5 heteroatoms. The van der Waals surface area contributed by atoms with Gasteiger partial charge in [0.1, 0.15) is 6.04 Å². The minimum atomic E-state index is -0.982. The third kappa shape index (κ3) is 2.17. The minimum absolute atomic E-state index is 0.0392. The minimum Gasteiger partial charge on any atom is -0.480 e. The van der Waals surface area contributed by atoms with Crippen molar-refractivity contribution in [1.29, 1.82) is 0 Å². The van der Waals surface area contributed by atoms with Gasteiger partial charge in [-0.3, -0.25) is 4.79 Å². The summed E-state index contributed by atoms with van der Waals surface area (Å²) in [6.07, 6.45) is 5.28. The van der Waals surface area contributed by atoms with Crippen LogP contribution in [0.2, 0.25) is 0 Å². The van der Waals surface area contributed by atoms with Crippen LogP contribution in [-0.2, 0) is 16.0 Å². The summed E-state index contributed by atoms with van der Waals surface area (Å²) in [5.41, 5.74) is 2.14. The monoisotopic (exact) mass is 298 g/mol. The van der Waals surface area contributed by atoms with E-state index in [1.54, 1.807) is 0 Å². The highest BCUT2D eigenvalue weighted by Gasteiger charge is 2.65. The van der Waals surface area contributed by atoms with E-state index < -0.39 is 12.0 Å². The Morgan fingerprint density at radius 1 is 1.36 bits per heavy atom. The van der Waals surface area contributed by atoms with Gasteiger partial charge in [0.05, 0.1) is 0 Å². The highest BCUT2D eigenvalue weighted by atomic mass is 16.4. The second-order valence-electron chi connectivity index (χ2n) is 6.58. The molecule has 1 heterocycles. The van der Waals surface area contributed by atoms with Crippen LogP contribution >= 0.6 is 0 Å². The Bertz CT molecular complexity index is 760. The summed E-state index contributed by atoms with van der Waals surface area (Å²) in [5.74, 6) is -1.04. The zero-order valence-corrected chi connectivity index (χ0v) is 12.1. The lowest BCUT2D eigenvalue weighted by atomic mass is 10.0. The van der Waals surface area contributed by atoms with Crippen molar-refractivity contribution in [2.75, 3.05) is 0 Å². The van der Waals surface area contributed by atoms with Gasteiger partial charge in [-0.1, -0.05) is 18.2 Å². The molecule has 4 rings (SSSR count). The summed E-state index contributed by atoms with van der Waals surface area (Å²) in [7, 11) is 0. The first-order valence-corrected chi connectivity index (χ1v) is 7.67. The van der Waals surface area contributed by atoms with Crippen molar-refractivity contribution >= 4 is 22.8 Å². The number of nitrogens with one attached hydrogen (secondary N) is 2. The molecule has 1 aromatic heterocycles. The number of rotatable bonds is 5. The first-order valence-electron chi connectivity index (χ1n) is 7.67. The zero-order valence-electron chi connectivity index (χ0n) is 12.1. The molecule has 2 atom stereocenters. The summed E-state index contributed by atoms with van der Waals surface area (Å²) in [6, 6.07) is 6.90. The van der Waals surface area contributed by atoms with Crippen molar-refractivity contribution in [2.24, 2.45) is 11.3 Å². The maximum Gasteiger partial charge on any atom is 0.326 e. The van der Waals surface area contributed by atoms with E-state index in [1.807, 2.05) is 30.5 Å². The van der Waals surface area contributed by atoms with Crippen LogP contribution in [0.1, 0.15) is 24.8 Å². The topological polar surface area (TPSA) is 82.2 Å². The average molecular weight is 298 g/mol. The van der Waals surface area contributed by atoms with Gasteiger partial charge in [0.2, 0.25) is 5.91 Å². The number of carboxylic acids is 1. The number of benzene rings is 1. The fraction of sp³-hybridized carbons (Fsp3) is 0.412. The van der Waals surface area contributed by atoms with Gasteiger partial charge in [-0.15, -0.1) is 0 Å². The lowest BCUT2D eigenvalue weighted by Gasteiger charge is -2.14. The Morgan fingerprint density at radius 3 is 2.82 bits per heavy atom. The van der Waals surface area contributed by atoms with Crippen LogP contribution in [0.25, 0.3) is 10.9 Å². The van der Waals surface area contributed by atoms with Crippen LogP contribution < -0.4 is 5.32 Å². The molecule has 1 spiro atoms. The largest absolute Gasteiger partial charge is 0.480 e. The van der Waals surface area contributed by atoms with Crippen molar-refractivity contribution in [1.82, 2.24) is 10.3 Å². The third-order valence-electron chi connectivity index (χ3n) is 5.11. The average Bonchev–Trinajstić information content (AvgIpc) is 3.40. The number of carbonyl (C=O) groups is 2. The molecule has 0 bridgehead atoms. The fourth-order valence-corrected chi connectivity index (χ4v) is 3.42. The number of amides is 1. The Hall–Kier alpha value is -2.30. The molecule has 2 aliphatic rings. The first-order chi connectivity index (χ1) is 10.6. The number of carboxylic acid groups (broad SMARTS) is 1. The molecule has 2 saturated carbocycles. The molecule has 0 radical (unpaired) electrons. The standard InChI is InChI=1S/C17H18N2O3/c20-15(12-8-17(12)5-6-17)19-14(16(21)22)7-10-9-18-13-4-2-1-3-11(10)13/h1-4,9,12,14,18H,5-8H2,(H,19,20)(H,21,22). The van der Waals surface area contributed by atoms with Crippen molar-refractivity contribution in [2.45, 2.75) is 31.7 Å². The van der Waals surface area contributed by atoms with Crippen LogP contribution in [0, 0.1) is 11.3 Å². The van der Waals surface area contributed by atoms with E-state index in [-0.39, 0.29) is 17.2 Å². The number of hydrogen-bond acceptors (Lipinski definition) is 2. The second kappa shape index (κ2) is 4.60. The summed E-state index contributed by atoms with van der Waals surface area (Å²) in [6.45, 7) is 0. The van der Waals surface area contributed by atoms with Crippen LogP contribution in [0.15, 0.2) is 30.5 Å². The molecule has 3 N–H and O–H groups in total. The summed E-state index contributed by atoms with van der Waals surface area (Å²) in [4.78, 5) is 26.8. The lowest BCUT2D eigenvalue weighted by Crippen LogP contribution is -2.43. The van der Waals surface area contributed by atoms with E-state index in [9.17, 15) is 14.7 Å². The van der Waals surface area contributed by atoms with Gasteiger partial charge in [0, 0.05) is 29.4 Å². The van der Waals surface area contributed by atoms with Crippen LogP contribution in [0.4, 0.5) is 0 Å². The number of aliphatic carboxylic acids is 1. The molecule has 1 aromatic carbocycles. The van der Waals surface area contributed by atoms with E-state index in [0.29, 0.717) is 6.42 Å². The molecule has 2 aliphatic carbocycles. The van der Waals surface area contributed by atoms with Crippen molar-refractivity contribution < 1.29 is 14.7 Å². The van der Waals surface area contributed by atoms with Gasteiger partial charge >= 0.3 is 5.97 Å². The first kappa shape index (κ1) is 13.4. The molecule has 0 saturated heterocycles. The Morgan fingerprint density at radius 2 is 2.14 bits per heavy atom. The number of aromatic amines is 1. The summed E-state index contributed by atoms with van der Waals surface area (Å²) >= 11 is 0. The van der Waals surface area contributed by atoms with Crippen LogP contribution in [0.5, 0.6) is 0 Å². The number of H-pyrrole nitrogens is 1. The second-order valence-corrected chi connectivity index (χ2v) is 6.58. The highest BCUT2D eigenvalue weighted by molar-refractivity contribution is 5.89. The van der Waals surface area contributed by atoms with E-state index in [2.05, 4.69) is 10.3 Å². The van der Waals surface area contributed by atoms with Crippen LogP contribution in [-0.4, -0.2) is 28.0 Å². The molecular weight excluding hydrogens is 280 g/mol. The molecule has 114 valence electrons. The highest BCUT2D eigenvalue weighted by Crippen LogP contribution is 2.70. The van der Waals surface area contributed by atoms with Gasteiger partial charge in [-0.2, -0.15) is 0 Å². The predicted octanol–water partition coefficient (Wildman–Crippen LogP) is 2.08. The van der Waals surface area contributed by atoms with Gasteiger partial charge in [0.15, 0.2) is 0 Å². The molecule has 0 aliphatic heterocycles. The SMILES string of the molecule is O=C(O)C(Cc1c[nH]c2ccccc12)NC(=O)C1CC12CC2. The van der Waals surface area contributed by atoms with Crippen molar-refractivity contribution in [3.05, 3.63) is 36.0 Å². The summed E-state index contributed by atoms with van der Waals surface area (Å²) in [5, 5.41) is 13.1. The van der Waals surface area contributed by atoms with E-state index in [1.165, 1.54) is 0 Å². The van der Waals surface area contributed by atoms with Crippen LogP contribution in [0.3, 0.4) is 0 Å². The number of para-hydroxylation sites is 1. The number of fused-ring (bicyclic) bond motifs is 1. The number of carbonyl (C=O) groups excluding carboxylic acids is 1. The molecule has 22 heavy (non-hydrogen) atoms. The van der Waals surface area contributed by atoms with Gasteiger partial charge in [-0.05, 0) is 36.3 Å². The number of hydrogen-bond donors (Lipinski definition) is 3. The van der Waals surface area contributed by atoms with Gasteiger partial charge in [0.25, 0.3) is 0 Å². The van der Waals surface area contributed by atoms with Gasteiger partial charge in [-0.25, -0.2) is 4.79 Å². The Kier molecular flexibility index (Phi) is 2.79. The maximum atomic E-state index is 12.2. The quantitative estimate of drug-likeness (QED) is 0.790. The van der Waals surface area contributed by atoms with Gasteiger partial charge < -0.3 is 15.4 Å². The van der Waals surface area contributed by atoms with E-state index >= 15 is 0 Å². The lowest BCUT2D eigenvalue weighted by molar-refractivity contribution is -0.142. The molecule has 1 amide bonds. The zero-order chi connectivity index (χ0) is 15.3. The Balaban J connectivity index is 1.50. The fourth-order valence-electron chi connectivity index (χ4n) is 3.42. The number of aromatic nitrogens is 1. The van der Waals surface area contributed by atoms with E-state index in [0.717, 1.165) is 35.7 Å². The molecule has 2 unspecified atom stereocenters. The molecule has 2 aromatic rings. The molecule has 5 nitrogen and oxygen atoms in total. The Labute approximate surface area is 127 Å². The predicted molar refractivity (Wildman–Crippen MR) is 81.3 cm³/mol. The van der Waals surface area contributed by atoms with E-state index in [4.69, 9.17) is 0 Å². The van der Waals surface area contributed by atoms with Crippen molar-refractivity contribution in [3.8, 4) is 0 Å². The summed E-state index contributed by atoms with van der Waals surface area (Å²) < 4.78 is 0. The maximum absolute atomic E-state index is 12.2. The van der Waals surface area contributed by atoms with Crippen molar-refractivity contribution in [3.63, 3.8) is 0 Å². The normalized spacial score (nSPS) is 22.5. The smallest absolute Gasteiger partial charge is 0.326 e. The molecular formula is C17H18N2O3.